The molecule has 1 aliphatic rings. The second-order valence-corrected chi connectivity index (χ2v) is 4.65. The molecule has 4 rings (SSSR count). The molecule has 0 amide bonds. The van der Waals surface area contributed by atoms with Gasteiger partial charge < -0.3 is 23.7 Å². The number of phenols is 1. The van der Waals surface area contributed by atoms with Gasteiger partial charge in [0.25, 0.3) is 0 Å². The normalized spacial score (nSPS) is 13.0. The molecule has 0 radical (unpaired) electrons. The van der Waals surface area contributed by atoms with Crippen LogP contribution in [-0.2, 0) is 0 Å². The SMILES string of the molecule is COc1cc(O)c2c(=O)c3cc4c(cc3oc2c1)OCO4. The highest BCUT2D eigenvalue weighted by Crippen LogP contribution is 2.37. The van der Waals surface area contributed by atoms with Gasteiger partial charge in [-0.2, -0.15) is 0 Å². The molecule has 0 atom stereocenters. The Kier molecular flexibility index (Phi) is 2.29. The maximum absolute atomic E-state index is 12.6. The van der Waals surface area contributed by atoms with Crippen molar-refractivity contribution in [3.63, 3.8) is 0 Å². The maximum Gasteiger partial charge on any atom is 0.231 e. The Bertz CT molecular complexity index is 940. The van der Waals surface area contributed by atoms with Gasteiger partial charge in [-0.25, -0.2) is 0 Å². The van der Waals surface area contributed by atoms with Crippen molar-refractivity contribution in [3.8, 4) is 23.0 Å². The maximum atomic E-state index is 12.6. The van der Waals surface area contributed by atoms with Gasteiger partial charge in [0.05, 0.1) is 12.5 Å². The first-order valence-electron chi connectivity index (χ1n) is 6.24. The van der Waals surface area contributed by atoms with Gasteiger partial charge in [-0.15, -0.1) is 0 Å². The van der Waals surface area contributed by atoms with Crippen LogP contribution in [0.5, 0.6) is 23.0 Å². The van der Waals surface area contributed by atoms with Crippen molar-refractivity contribution in [1.29, 1.82) is 0 Å². The average molecular weight is 286 g/mol. The summed E-state index contributed by atoms with van der Waals surface area (Å²) in [4.78, 5) is 12.6. The fourth-order valence-electron chi connectivity index (χ4n) is 2.44. The smallest absolute Gasteiger partial charge is 0.231 e. The highest BCUT2D eigenvalue weighted by molar-refractivity contribution is 5.95. The lowest BCUT2D eigenvalue weighted by atomic mass is 10.1. The highest BCUT2D eigenvalue weighted by Gasteiger charge is 2.19. The van der Waals surface area contributed by atoms with E-state index >= 15 is 0 Å². The van der Waals surface area contributed by atoms with Crippen molar-refractivity contribution in [2.24, 2.45) is 0 Å². The van der Waals surface area contributed by atoms with Gasteiger partial charge in [-0.3, -0.25) is 4.79 Å². The van der Waals surface area contributed by atoms with E-state index < -0.39 is 0 Å². The first kappa shape index (κ1) is 11.9. The van der Waals surface area contributed by atoms with Crippen LogP contribution in [-0.4, -0.2) is 19.0 Å². The number of hydrogen-bond donors (Lipinski definition) is 1. The molecule has 0 saturated carbocycles. The molecule has 0 spiro atoms. The van der Waals surface area contributed by atoms with Crippen LogP contribution in [0, 0.1) is 0 Å². The molecule has 0 unspecified atom stereocenters. The fraction of sp³-hybridized carbons (Fsp3) is 0.133. The largest absolute Gasteiger partial charge is 0.507 e. The minimum atomic E-state index is -0.329. The Morgan fingerprint density at radius 2 is 1.86 bits per heavy atom. The van der Waals surface area contributed by atoms with Gasteiger partial charge in [0.15, 0.2) is 11.5 Å². The van der Waals surface area contributed by atoms with E-state index in [0.29, 0.717) is 28.2 Å². The Morgan fingerprint density at radius 3 is 2.62 bits per heavy atom. The summed E-state index contributed by atoms with van der Waals surface area (Å²) >= 11 is 0. The van der Waals surface area contributed by atoms with E-state index in [0.717, 1.165) is 0 Å². The second kappa shape index (κ2) is 4.05. The van der Waals surface area contributed by atoms with Crippen LogP contribution >= 0.6 is 0 Å². The van der Waals surface area contributed by atoms with Crippen molar-refractivity contribution in [3.05, 3.63) is 34.5 Å². The van der Waals surface area contributed by atoms with Crippen LogP contribution in [0.15, 0.2) is 33.5 Å². The minimum Gasteiger partial charge on any atom is -0.507 e. The fourth-order valence-corrected chi connectivity index (χ4v) is 2.44. The first-order valence-corrected chi connectivity index (χ1v) is 6.24. The zero-order valence-electron chi connectivity index (χ0n) is 11.0. The van der Waals surface area contributed by atoms with Crippen molar-refractivity contribution in [2.45, 2.75) is 0 Å². The number of ether oxygens (including phenoxy) is 3. The Balaban J connectivity index is 2.16. The molecule has 6 heteroatoms. The summed E-state index contributed by atoms with van der Waals surface area (Å²) in [6.07, 6.45) is 0. The van der Waals surface area contributed by atoms with Crippen LogP contribution in [0.1, 0.15) is 0 Å². The van der Waals surface area contributed by atoms with E-state index in [9.17, 15) is 9.90 Å². The summed E-state index contributed by atoms with van der Waals surface area (Å²) in [7, 11) is 1.47. The molecule has 0 aliphatic carbocycles. The number of methoxy groups -OCH3 is 1. The summed E-state index contributed by atoms with van der Waals surface area (Å²) in [5, 5.41) is 10.5. The summed E-state index contributed by atoms with van der Waals surface area (Å²) < 4.78 is 21.3. The van der Waals surface area contributed by atoms with Gasteiger partial charge >= 0.3 is 0 Å². The van der Waals surface area contributed by atoms with Crippen LogP contribution in [0.3, 0.4) is 0 Å². The summed E-state index contributed by atoms with van der Waals surface area (Å²) in [5.74, 6) is 1.24. The number of rotatable bonds is 1. The van der Waals surface area contributed by atoms with E-state index in [4.69, 9.17) is 18.6 Å². The number of aromatic hydroxyl groups is 1. The first-order chi connectivity index (χ1) is 10.2. The number of benzene rings is 2. The molecule has 6 nitrogen and oxygen atoms in total. The second-order valence-electron chi connectivity index (χ2n) is 4.65. The van der Waals surface area contributed by atoms with Crippen LogP contribution in [0.25, 0.3) is 21.9 Å². The van der Waals surface area contributed by atoms with Gasteiger partial charge in [-0.1, -0.05) is 0 Å². The van der Waals surface area contributed by atoms with Crippen LogP contribution in [0.2, 0.25) is 0 Å². The molecule has 0 saturated heterocycles. The molecule has 1 aliphatic heterocycles. The minimum absolute atomic E-state index is 0.110. The highest BCUT2D eigenvalue weighted by atomic mass is 16.7. The van der Waals surface area contributed by atoms with Gasteiger partial charge in [0.2, 0.25) is 12.2 Å². The predicted molar refractivity (Wildman–Crippen MR) is 74.3 cm³/mol. The molecule has 3 aromatic rings. The number of hydrogen-bond acceptors (Lipinski definition) is 6. The van der Waals surface area contributed by atoms with Crippen molar-refractivity contribution < 1.29 is 23.7 Å². The molecule has 0 fully saturated rings. The van der Waals surface area contributed by atoms with E-state index in [2.05, 4.69) is 0 Å². The Labute approximate surface area is 118 Å². The molecule has 21 heavy (non-hydrogen) atoms. The third kappa shape index (κ3) is 1.62. The van der Waals surface area contributed by atoms with Gasteiger partial charge in [-0.05, 0) is 6.07 Å². The van der Waals surface area contributed by atoms with Crippen molar-refractivity contribution >= 4 is 21.9 Å². The van der Waals surface area contributed by atoms with Crippen molar-refractivity contribution in [1.82, 2.24) is 0 Å². The molecule has 1 aromatic heterocycles. The Hall–Kier alpha value is -2.89. The summed E-state index contributed by atoms with van der Waals surface area (Å²) in [6.45, 7) is 0.110. The molecule has 2 aromatic carbocycles. The molecular weight excluding hydrogens is 276 g/mol. The lowest BCUT2D eigenvalue weighted by Gasteiger charge is -2.06. The zero-order chi connectivity index (χ0) is 14.6. The third-order valence-corrected chi connectivity index (χ3v) is 3.46. The quantitative estimate of drug-likeness (QED) is 0.692. The molecule has 2 heterocycles. The summed E-state index contributed by atoms with van der Waals surface area (Å²) in [5.41, 5.74) is 0.289. The lowest BCUT2D eigenvalue weighted by Crippen LogP contribution is -2.02. The molecule has 106 valence electrons. The number of phenolic OH excluding ortho intramolecular Hbond substituents is 1. The summed E-state index contributed by atoms with van der Waals surface area (Å²) in [6, 6.07) is 6.10. The van der Waals surface area contributed by atoms with Crippen LogP contribution < -0.4 is 19.6 Å². The van der Waals surface area contributed by atoms with Gasteiger partial charge in [0.1, 0.15) is 28.1 Å². The van der Waals surface area contributed by atoms with E-state index in [1.807, 2.05) is 0 Å². The van der Waals surface area contributed by atoms with E-state index in [1.165, 1.54) is 13.2 Å². The Morgan fingerprint density at radius 1 is 1.10 bits per heavy atom. The molecule has 0 bridgehead atoms. The van der Waals surface area contributed by atoms with Gasteiger partial charge in [0, 0.05) is 18.2 Å². The van der Waals surface area contributed by atoms with E-state index in [1.54, 1.807) is 18.2 Å². The van der Waals surface area contributed by atoms with E-state index in [-0.39, 0.29) is 28.9 Å². The topological polar surface area (TPSA) is 78.1 Å². The predicted octanol–water partition coefficient (Wildman–Crippen LogP) is 2.39. The standard InChI is InChI=1S/C15H10O6/c1-18-7-2-9(16)14-13(3-7)21-10-5-12-11(19-6-20-12)4-8(10)15(14)17/h2-5,16H,6H2,1H3. The number of fused-ring (bicyclic) bond motifs is 3. The van der Waals surface area contributed by atoms with Crippen molar-refractivity contribution in [2.75, 3.05) is 13.9 Å². The zero-order valence-corrected chi connectivity index (χ0v) is 11.0. The lowest BCUT2D eigenvalue weighted by molar-refractivity contribution is 0.174. The average Bonchev–Trinajstić information content (AvgIpc) is 2.92. The molecular formula is C15H10O6. The van der Waals surface area contributed by atoms with Crippen LogP contribution in [0.4, 0.5) is 0 Å². The monoisotopic (exact) mass is 286 g/mol. The third-order valence-electron chi connectivity index (χ3n) is 3.46. The molecule has 1 N–H and O–H groups in total.